The van der Waals surface area contributed by atoms with Crippen LogP contribution in [0, 0.1) is 0 Å². The number of rotatable bonds is 4. The molecule has 0 aliphatic heterocycles. The largest absolute Gasteiger partial charge is 0.440 e. The van der Waals surface area contributed by atoms with Gasteiger partial charge in [-0.2, -0.15) is 0 Å². The molecule has 0 saturated carbocycles. The smallest absolute Gasteiger partial charge is 0.245 e. The summed E-state index contributed by atoms with van der Waals surface area (Å²) in [5.41, 5.74) is 0. The van der Waals surface area contributed by atoms with Gasteiger partial charge in [0.25, 0.3) is 0 Å². The molecule has 0 aromatic rings. The Morgan fingerprint density at radius 3 is 0.882 bits per heavy atom. The lowest BCUT2D eigenvalue weighted by atomic mass is 10.8. The molecule has 0 aromatic carbocycles. The van der Waals surface area contributed by atoms with E-state index in [1.54, 1.807) is 0 Å². The zero-order valence-corrected chi connectivity index (χ0v) is 9.71. The van der Waals surface area contributed by atoms with Crippen LogP contribution in [0.4, 0.5) is 0 Å². The van der Waals surface area contributed by atoms with Gasteiger partial charge in [0.05, 0.1) is 0 Å². The maximum Gasteiger partial charge on any atom is 0.440 e. The summed E-state index contributed by atoms with van der Waals surface area (Å²) in [5.74, 6) is -4.02. The van der Waals surface area contributed by atoms with Crippen LogP contribution in [0.3, 0.4) is 0 Å². The van der Waals surface area contributed by atoms with Crippen LogP contribution >= 0.6 is 0 Å². The highest BCUT2D eigenvalue weighted by Gasteiger charge is 2.49. The van der Waals surface area contributed by atoms with E-state index in [2.05, 4.69) is 19.4 Å². The molecule has 0 atom stereocenters. The van der Waals surface area contributed by atoms with Gasteiger partial charge < -0.3 is 0 Å². The number of quaternary nitrogens is 1. The molecule has 9 heteroatoms. The van der Waals surface area contributed by atoms with Crippen molar-refractivity contribution in [2.24, 2.45) is 0 Å². The maximum atomic E-state index is 10.8. The molecule has 0 unspecified atom stereocenters. The molecule has 0 aliphatic rings. The molecule has 0 aliphatic carbocycles. The van der Waals surface area contributed by atoms with Crippen LogP contribution in [-0.4, -0.2) is 29.0 Å². The Bertz CT molecular complexity index is 280. The molecule has 9 nitrogen and oxygen atoms in total. The third-order valence-corrected chi connectivity index (χ3v) is 0.961. The van der Waals surface area contributed by atoms with E-state index >= 15 is 0 Å². The molecule has 0 rings (SSSR count). The van der Waals surface area contributed by atoms with E-state index in [0.29, 0.717) is 0 Å². The Balaban J connectivity index is 5.16. The Morgan fingerprint density at radius 2 is 0.765 bits per heavy atom. The van der Waals surface area contributed by atoms with Crippen molar-refractivity contribution >= 4 is 23.9 Å². The predicted octanol–water partition coefficient (Wildman–Crippen LogP) is -0.284. The summed E-state index contributed by atoms with van der Waals surface area (Å²) >= 11 is 0. The minimum Gasteiger partial charge on any atom is -0.245 e. The molecule has 17 heavy (non-hydrogen) atoms. The van der Waals surface area contributed by atoms with Crippen molar-refractivity contribution in [3.63, 3.8) is 0 Å². The summed E-state index contributed by atoms with van der Waals surface area (Å²) in [6.07, 6.45) is 0. The molecular formula is C8H12NO8+. The van der Waals surface area contributed by atoms with Crippen molar-refractivity contribution in [2.75, 3.05) is 0 Å². The van der Waals surface area contributed by atoms with Crippen molar-refractivity contribution in [3.8, 4) is 0 Å². The Labute approximate surface area is 96.2 Å². The molecule has 0 heterocycles. The fourth-order valence-electron chi connectivity index (χ4n) is 0.742. The van der Waals surface area contributed by atoms with Crippen LogP contribution in [0.25, 0.3) is 0 Å². The van der Waals surface area contributed by atoms with Crippen LogP contribution in [-0.2, 0) is 38.5 Å². The fourth-order valence-corrected chi connectivity index (χ4v) is 0.742. The molecule has 96 valence electrons. The third-order valence-electron chi connectivity index (χ3n) is 0.961. The molecule has 0 bridgehead atoms. The number of carbonyl (C=O) groups is 4. The Kier molecular flexibility index (Phi) is 5.06. The highest BCUT2D eigenvalue weighted by molar-refractivity contribution is 5.68. The quantitative estimate of drug-likeness (QED) is 0.495. The van der Waals surface area contributed by atoms with Crippen LogP contribution < -0.4 is 0 Å². The van der Waals surface area contributed by atoms with Gasteiger partial charge in [-0.15, -0.1) is 19.4 Å². The Hall–Kier alpha value is -2.16. The monoisotopic (exact) mass is 250 g/mol. The van der Waals surface area contributed by atoms with Gasteiger partial charge in [-0.1, -0.05) is 0 Å². The molecule has 0 fully saturated rings. The average Bonchev–Trinajstić information content (AvgIpc) is 1.95. The van der Waals surface area contributed by atoms with E-state index in [1.807, 2.05) is 0 Å². The second kappa shape index (κ2) is 5.80. The molecule has 0 spiro atoms. The maximum absolute atomic E-state index is 10.8. The lowest BCUT2D eigenvalue weighted by Gasteiger charge is -2.19. The first-order valence-corrected chi connectivity index (χ1v) is 4.36. The van der Waals surface area contributed by atoms with E-state index in [0.717, 1.165) is 27.7 Å². The van der Waals surface area contributed by atoms with E-state index < -0.39 is 29.0 Å². The summed E-state index contributed by atoms with van der Waals surface area (Å²) in [4.78, 5) is 60.5. The SMILES string of the molecule is CC(=O)O[N+](OC(C)=O)(OC(C)=O)OC(C)=O. The predicted molar refractivity (Wildman–Crippen MR) is 47.3 cm³/mol. The van der Waals surface area contributed by atoms with E-state index in [4.69, 9.17) is 0 Å². The zero-order valence-electron chi connectivity index (χ0n) is 9.71. The van der Waals surface area contributed by atoms with Crippen LogP contribution in [0.15, 0.2) is 0 Å². The molecule has 0 saturated heterocycles. The van der Waals surface area contributed by atoms with Gasteiger partial charge in [-0.05, 0) is 0 Å². The Morgan fingerprint density at radius 1 is 0.588 bits per heavy atom. The van der Waals surface area contributed by atoms with Crippen LogP contribution in [0.1, 0.15) is 27.7 Å². The normalized spacial score (nSPS) is 10.1. The molecule has 0 amide bonds. The van der Waals surface area contributed by atoms with Gasteiger partial charge in [0, 0.05) is 27.7 Å². The van der Waals surface area contributed by atoms with E-state index in [1.165, 1.54) is 0 Å². The lowest BCUT2D eigenvalue weighted by Crippen LogP contribution is -2.51. The van der Waals surface area contributed by atoms with Gasteiger partial charge >= 0.3 is 29.0 Å². The summed E-state index contributed by atoms with van der Waals surface area (Å²) in [7, 11) is 0. The molecule has 0 radical (unpaired) electrons. The van der Waals surface area contributed by atoms with E-state index in [-0.39, 0.29) is 0 Å². The lowest BCUT2D eigenvalue weighted by molar-refractivity contribution is -1.44. The summed E-state index contributed by atoms with van der Waals surface area (Å²) in [6, 6.07) is 0. The summed E-state index contributed by atoms with van der Waals surface area (Å²) < 4.78 is 0. The van der Waals surface area contributed by atoms with Gasteiger partial charge in [0.15, 0.2) is 0 Å². The van der Waals surface area contributed by atoms with Gasteiger partial charge in [0.1, 0.15) is 0 Å². The fraction of sp³-hybridized carbons (Fsp3) is 0.500. The first-order valence-electron chi connectivity index (χ1n) is 4.36. The topological polar surface area (TPSA) is 105 Å². The van der Waals surface area contributed by atoms with Crippen molar-refractivity contribution < 1.29 is 43.7 Å². The zero-order chi connectivity index (χ0) is 13.6. The van der Waals surface area contributed by atoms with Crippen molar-refractivity contribution in [1.29, 1.82) is 0 Å². The van der Waals surface area contributed by atoms with Crippen LogP contribution in [0.5, 0.6) is 0 Å². The standard InChI is InChI=1S/C8H12NO8/c1-5(10)14-9(15-6(2)11,16-7(3)12)17-8(4)13/h1-4H3/q+1. The molecule has 0 aromatic heterocycles. The first kappa shape index (κ1) is 14.8. The highest BCUT2D eigenvalue weighted by atomic mass is 17.4. The van der Waals surface area contributed by atoms with Crippen molar-refractivity contribution in [2.45, 2.75) is 27.7 Å². The van der Waals surface area contributed by atoms with Crippen LogP contribution in [0.2, 0.25) is 0 Å². The third kappa shape index (κ3) is 6.10. The molecule has 0 N–H and O–H groups in total. The van der Waals surface area contributed by atoms with Gasteiger partial charge in [-0.3, -0.25) is 0 Å². The number of hydrogen-bond donors (Lipinski definition) is 0. The second-order valence-electron chi connectivity index (χ2n) is 2.78. The van der Waals surface area contributed by atoms with Crippen molar-refractivity contribution in [3.05, 3.63) is 0 Å². The highest BCUT2D eigenvalue weighted by Crippen LogP contribution is 2.15. The number of hydrogen-bond acceptors (Lipinski definition) is 8. The summed E-state index contributed by atoms with van der Waals surface area (Å²) in [5, 5.41) is -2.07. The number of nitrogens with zero attached hydrogens (tertiary/aromatic N) is 1. The number of carbonyl (C=O) groups excluding carboxylic acids is 4. The molecular weight excluding hydrogens is 238 g/mol. The first-order chi connectivity index (χ1) is 7.67. The van der Waals surface area contributed by atoms with Gasteiger partial charge in [0.2, 0.25) is 0 Å². The minimum absolute atomic E-state index is 0.934. The second-order valence-corrected chi connectivity index (χ2v) is 2.78. The minimum atomic E-state index is -2.07. The van der Waals surface area contributed by atoms with Gasteiger partial charge in [-0.25, -0.2) is 19.2 Å². The van der Waals surface area contributed by atoms with E-state index in [9.17, 15) is 19.2 Å². The summed E-state index contributed by atoms with van der Waals surface area (Å²) in [6.45, 7) is 3.74. The average molecular weight is 250 g/mol. The van der Waals surface area contributed by atoms with Crippen molar-refractivity contribution in [1.82, 2.24) is 0 Å².